The molecule has 1 aliphatic heterocycles. The molecular formula is C11H12BrNO2. The number of anilines is 1. The predicted octanol–water partition coefficient (Wildman–Crippen LogP) is 3.18. The summed E-state index contributed by atoms with van der Waals surface area (Å²) in [6.45, 7) is 0.723. The first-order valence-corrected chi connectivity index (χ1v) is 5.93. The van der Waals surface area contributed by atoms with Gasteiger partial charge >= 0.3 is 0 Å². The topological polar surface area (TPSA) is 30.5 Å². The van der Waals surface area contributed by atoms with E-state index in [9.17, 15) is 0 Å². The predicted molar refractivity (Wildman–Crippen MR) is 64.1 cm³/mol. The Morgan fingerprint density at radius 1 is 1.40 bits per heavy atom. The van der Waals surface area contributed by atoms with Crippen molar-refractivity contribution in [1.82, 2.24) is 0 Å². The second-order valence-electron chi connectivity index (χ2n) is 3.16. The van der Waals surface area contributed by atoms with Gasteiger partial charge in [0, 0.05) is 17.0 Å². The highest BCUT2D eigenvalue weighted by Gasteiger charge is 2.05. The fourth-order valence-electron chi connectivity index (χ4n) is 1.31. The summed E-state index contributed by atoms with van der Waals surface area (Å²) in [6.07, 6.45) is 4.53. The van der Waals surface area contributed by atoms with E-state index in [0.717, 1.165) is 35.4 Å². The zero-order valence-electron chi connectivity index (χ0n) is 8.20. The fourth-order valence-corrected chi connectivity index (χ4v) is 1.54. The summed E-state index contributed by atoms with van der Waals surface area (Å²) in [7, 11) is 0. The number of ether oxygens (including phenoxy) is 1. The van der Waals surface area contributed by atoms with Gasteiger partial charge in [-0.15, -0.1) is 0 Å². The minimum atomic E-state index is 0.723. The number of nitrogens with one attached hydrogen (secondary N) is 1. The van der Waals surface area contributed by atoms with Crippen LogP contribution in [0.3, 0.4) is 0 Å². The molecule has 1 aromatic rings. The third kappa shape index (κ3) is 2.65. The van der Waals surface area contributed by atoms with Crippen molar-refractivity contribution >= 4 is 27.7 Å². The smallest absolute Gasteiger partial charge is 0.121 e. The number of hydrogen-bond acceptors (Lipinski definition) is 3. The summed E-state index contributed by atoms with van der Waals surface area (Å²) in [5.74, 6) is 0.862. The van der Waals surface area contributed by atoms with Gasteiger partial charge in [0.05, 0.1) is 12.3 Å². The Morgan fingerprint density at radius 3 is 3.20 bits per heavy atom. The van der Waals surface area contributed by atoms with Gasteiger partial charge in [-0.3, -0.25) is 0 Å². The standard InChI is InChI=1S/C11H12BrNO2/c12-5-1-6-14-10-3-2-9-4-7-15-13-11(9)8-10/h2-4,7-8,13H,1,5-6H2. The van der Waals surface area contributed by atoms with Crippen molar-refractivity contribution in [3.8, 4) is 5.75 Å². The van der Waals surface area contributed by atoms with Gasteiger partial charge in [-0.05, 0) is 24.6 Å². The molecule has 0 saturated carbocycles. The van der Waals surface area contributed by atoms with Crippen LogP contribution >= 0.6 is 15.9 Å². The lowest BCUT2D eigenvalue weighted by atomic mass is 10.1. The van der Waals surface area contributed by atoms with Gasteiger partial charge < -0.3 is 9.57 Å². The van der Waals surface area contributed by atoms with Gasteiger partial charge in [-0.25, -0.2) is 5.48 Å². The molecule has 0 bridgehead atoms. The van der Waals surface area contributed by atoms with Gasteiger partial charge in [0.1, 0.15) is 12.0 Å². The molecule has 0 aromatic heterocycles. The number of halogens is 1. The van der Waals surface area contributed by atoms with Crippen LogP contribution in [0.2, 0.25) is 0 Å². The second kappa shape index (κ2) is 5.07. The normalized spacial score (nSPS) is 12.6. The highest BCUT2D eigenvalue weighted by Crippen LogP contribution is 2.26. The Kier molecular flexibility index (Phi) is 3.50. The summed E-state index contributed by atoms with van der Waals surface area (Å²) in [6, 6.07) is 5.91. The van der Waals surface area contributed by atoms with E-state index in [4.69, 9.17) is 9.57 Å². The average Bonchev–Trinajstić information content (AvgIpc) is 2.29. The number of rotatable bonds is 4. The molecule has 1 N–H and O–H groups in total. The minimum Gasteiger partial charge on any atom is -0.493 e. The largest absolute Gasteiger partial charge is 0.493 e. The van der Waals surface area contributed by atoms with Crippen molar-refractivity contribution in [2.24, 2.45) is 0 Å². The minimum absolute atomic E-state index is 0.723. The van der Waals surface area contributed by atoms with Gasteiger partial charge in [0.15, 0.2) is 0 Å². The van der Waals surface area contributed by atoms with Crippen molar-refractivity contribution in [3.05, 3.63) is 30.0 Å². The number of benzene rings is 1. The molecule has 4 heteroatoms. The van der Waals surface area contributed by atoms with E-state index < -0.39 is 0 Å². The van der Waals surface area contributed by atoms with Crippen LogP contribution in [0.15, 0.2) is 24.5 Å². The van der Waals surface area contributed by atoms with Gasteiger partial charge in [0.2, 0.25) is 0 Å². The van der Waals surface area contributed by atoms with Crippen LogP contribution in [0.1, 0.15) is 12.0 Å². The molecule has 80 valence electrons. The van der Waals surface area contributed by atoms with E-state index in [0.29, 0.717) is 0 Å². The van der Waals surface area contributed by atoms with Crippen LogP contribution in [0.4, 0.5) is 5.69 Å². The first-order valence-electron chi connectivity index (χ1n) is 4.81. The molecule has 1 heterocycles. The van der Waals surface area contributed by atoms with Crippen LogP contribution in [0.25, 0.3) is 6.08 Å². The Balaban J connectivity index is 2.04. The summed E-state index contributed by atoms with van der Waals surface area (Å²) >= 11 is 3.36. The van der Waals surface area contributed by atoms with Gasteiger partial charge in [-0.2, -0.15) is 0 Å². The molecule has 0 radical (unpaired) electrons. The van der Waals surface area contributed by atoms with E-state index in [1.807, 2.05) is 24.3 Å². The Hall–Kier alpha value is -1.16. The molecular weight excluding hydrogens is 258 g/mol. The van der Waals surface area contributed by atoms with Crippen LogP contribution in [0.5, 0.6) is 5.75 Å². The van der Waals surface area contributed by atoms with E-state index in [2.05, 4.69) is 21.4 Å². The van der Waals surface area contributed by atoms with E-state index in [-0.39, 0.29) is 0 Å². The average molecular weight is 270 g/mol. The first-order chi connectivity index (χ1) is 7.40. The number of alkyl halides is 1. The molecule has 0 saturated heterocycles. The van der Waals surface area contributed by atoms with E-state index in [1.165, 1.54) is 0 Å². The highest BCUT2D eigenvalue weighted by atomic mass is 79.9. The molecule has 0 amide bonds. The van der Waals surface area contributed by atoms with Crippen molar-refractivity contribution in [3.63, 3.8) is 0 Å². The molecule has 1 aliphatic rings. The van der Waals surface area contributed by atoms with Crippen molar-refractivity contribution < 1.29 is 9.57 Å². The zero-order chi connectivity index (χ0) is 10.5. The van der Waals surface area contributed by atoms with E-state index in [1.54, 1.807) is 6.26 Å². The van der Waals surface area contributed by atoms with Crippen LogP contribution in [-0.2, 0) is 4.84 Å². The van der Waals surface area contributed by atoms with Crippen LogP contribution in [-0.4, -0.2) is 11.9 Å². The second-order valence-corrected chi connectivity index (χ2v) is 3.96. The lowest BCUT2D eigenvalue weighted by Gasteiger charge is -2.14. The molecule has 0 fully saturated rings. The Labute approximate surface area is 97.2 Å². The lowest BCUT2D eigenvalue weighted by molar-refractivity contribution is 0.315. The molecule has 2 rings (SSSR count). The Bertz CT molecular complexity index is 366. The molecule has 0 spiro atoms. The maximum Gasteiger partial charge on any atom is 0.121 e. The van der Waals surface area contributed by atoms with Gasteiger partial charge in [0.25, 0.3) is 0 Å². The summed E-state index contributed by atoms with van der Waals surface area (Å²) < 4.78 is 5.56. The van der Waals surface area contributed by atoms with Crippen molar-refractivity contribution in [2.45, 2.75) is 6.42 Å². The quantitative estimate of drug-likeness (QED) is 0.673. The molecule has 3 nitrogen and oxygen atoms in total. The summed E-state index contributed by atoms with van der Waals surface area (Å²) in [5.41, 5.74) is 4.86. The van der Waals surface area contributed by atoms with Crippen molar-refractivity contribution in [1.29, 1.82) is 0 Å². The highest BCUT2D eigenvalue weighted by molar-refractivity contribution is 9.09. The fraction of sp³-hybridized carbons (Fsp3) is 0.273. The Morgan fingerprint density at radius 2 is 2.33 bits per heavy atom. The monoisotopic (exact) mass is 269 g/mol. The SMILES string of the molecule is BrCCCOc1ccc2c(c1)NOC=C2. The molecule has 1 aromatic carbocycles. The summed E-state index contributed by atoms with van der Waals surface area (Å²) in [4.78, 5) is 4.98. The molecule has 0 unspecified atom stereocenters. The maximum atomic E-state index is 5.56. The zero-order valence-corrected chi connectivity index (χ0v) is 9.79. The number of hydrogen-bond donors (Lipinski definition) is 1. The van der Waals surface area contributed by atoms with Crippen LogP contribution < -0.4 is 10.2 Å². The number of fused-ring (bicyclic) bond motifs is 1. The maximum absolute atomic E-state index is 5.56. The third-order valence-corrected chi connectivity index (χ3v) is 2.62. The van der Waals surface area contributed by atoms with Crippen LogP contribution in [0, 0.1) is 0 Å². The molecule has 0 aliphatic carbocycles. The van der Waals surface area contributed by atoms with Crippen molar-refractivity contribution in [2.75, 3.05) is 17.4 Å². The third-order valence-electron chi connectivity index (χ3n) is 2.06. The molecule has 15 heavy (non-hydrogen) atoms. The summed E-state index contributed by atoms with van der Waals surface area (Å²) in [5, 5.41) is 0.960. The molecule has 0 atom stereocenters. The lowest BCUT2D eigenvalue weighted by Crippen LogP contribution is -2.03. The first kappa shape index (κ1) is 10.4. The van der Waals surface area contributed by atoms with E-state index >= 15 is 0 Å². The van der Waals surface area contributed by atoms with Gasteiger partial charge in [-0.1, -0.05) is 15.9 Å².